The topological polar surface area (TPSA) is 59.6 Å². The van der Waals surface area contributed by atoms with Gasteiger partial charge in [0.25, 0.3) is 0 Å². The lowest BCUT2D eigenvalue weighted by molar-refractivity contribution is -0.115. The number of anilines is 1. The number of hydrogen-bond acceptors (Lipinski definition) is 4. The summed E-state index contributed by atoms with van der Waals surface area (Å²) in [5, 5.41) is 6.23. The van der Waals surface area contributed by atoms with E-state index in [4.69, 9.17) is 9.47 Å². The first kappa shape index (κ1) is 14.1. The first-order valence-electron chi connectivity index (χ1n) is 7.79. The van der Waals surface area contributed by atoms with E-state index in [1.807, 2.05) is 30.3 Å². The van der Waals surface area contributed by atoms with Crippen LogP contribution in [-0.4, -0.2) is 25.2 Å². The minimum absolute atomic E-state index is 0.00123. The molecule has 1 amide bonds. The van der Waals surface area contributed by atoms with Gasteiger partial charge in [0.1, 0.15) is 12.7 Å². The molecule has 2 aromatic rings. The van der Waals surface area contributed by atoms with Gasteiger partial charge >= 0.3 is 0 Å². The molecule has 23 heavy (non-hydrogen) atoms. The summed E-state index contributed by atoms with van der Waals surface area (Å²) >= 11 is 0. The molecule has 0 radical (unpaired) electrons. The molecule has 4 rings (SSSR count). The van der Waals surface area contributed by atoms with Gasteiger partial charge in [-0.3, -0.25) is 4.79 Å². The second-order valence-corrected chi connectivity index (χ2v) is 5.81. The molecule has 0 spiro atoms. The molecule has 0 saturated heterocycles. The van der Waals surface area contributed by atoms with Crippen molar-refractivity contribution in [1.82, 2.24) is 5.32 Å². The molecular formula is C18H18N2O3. The molecule has 0 aromatic heterocycles. The summed E-state index contributed by atoms with van der Waals surface area (Å²) in [4.78, 5) is 11.6. The van der Waals surface area contributed by atoms with Crippen LogP contribution in [0.15, 0.2) is 42.5 Å². The van der Waals surface area contributed by atoms with Gasteiger partial charge in [-0.2, -0.15) is 0 Å². The molecule has 0 saturated carbocycles. The standard InChI is InChI=1S/C18H18N2O3/c21-17-8-14-15(20-17)6-7-16-18(14)23-13(11-22-16)10-19-9-12-4-2-1-3-5-12/h1-7,13,19H,8-11H2,(H,20,21)/t13-/m1/s1. The number of rotatable bonds is 4. The van der Waals surface area contributed by atoms with Gasteiger partial charge < -0.3 is 20.1 Å². The number of amides is 1. The van der Waals surface area contributed by atoms with Crippen LogP contribution in [0.4, 0.5) is 5.69 Å². The highest BCUT2D eigenvalue weighted by Crippen LogP contribution is 2.41. The normalized spacial score (nSPS) is 18.4. The van der Waals surface area contributed by atoms with E-state index in [0.29, 0.717) is 25.3 Å². The van der Waals surface area contributed by atoms with E-state index in [1.165, 1.54) is 5.56 Å². The Hall–Kier alpha value is -2.53. The zero-order chi connectivity index (χ0) is 15.6. The van der Waals surface area contributed by atoms with Crippen LogP contribution in [0.5, 0.6) is 11.5 Å². The van der Waals surface area contributed by atoms with Gasteiger partial charge in [0.2, 0.25) is 5.91 Å². The molecule has 2 N–H and O–H groups in total. The van der Waals surface area contributed by atoms with Crippen molar-refractivity contribution in [2.45, 2.75) is 19.1 Å². The summed E-state index contributed by atoms with van der Waals surface area (Å²) < 4.78 is 11.9. The van der Waals surface area contributed by atoms with E-state index in [-0.39, 0.29) is 12.0 Å². The summed E-state index contributed by atoms with van der Waals surface area (Å²) in [5.41, 5.74) is 2.97. The van der Waals surface area contributed by atoms with E-state index in [9.17, 15) is 4.79 Å². The van der Waals surface area contributed by atoms with Gasteiger partial charge in [0.15, 0.2) is 11.5 Å². The average Bonchev–Trinajstić information content (AvgIpc) is 2.97. The smallest absolute Gasteiger partial charge is 0.229 e. The Kier molecular flexibility index (Phi) is 3.63. The Morgan fingerprint density at radius 1 is 1.17 bits per heavy atom. The maximum atomic E-state index is 11.6. The average molecular weight is 310 g/mol. The van der Waals surface area contributed by atoms with Crippen molar-refractivity contribution in [1.29, 1.82) is 0 Å². The van der Waals surface area contributed by atoms with Crippen LogP contribution < -0.4 is 20.1 Å². The van der Waals surface area contributed by atoms with Crippen LogP contribution in [0.25, 0.3) is 0 Å². The summed E-state index contributed by atoms with van der Waals surface area (Å²) in [6, 6.07) is 14.0. The van der Waals surface area contributed by atoms with Crippen LogP contribution in [0, 0.1) is 0 Å². The van der Waals surface area contributed by atoms with Crippen molar-refractivity contribution in [3.8, 4) is 11.5 Å². The molecule has 118 valence electrons. The predicted octanol–water partition coefficient (Wildman–Crippen LogP) is 2.11. The number of benzene rings is 2. The lowest BCUT2D eigenvalue weighted by Crippen LogP contribution is -2.38. The van der Waals surface area contributed by atoms with E-state index in [2.05, 4.69) is 22.8 Å². The molecule has 0 fully saturated rings. The van der Waals surface area contributed by atoms with Crippen molar-refractivity contribution in [2.75, 3.05) is 18.5 Å². The van der Waals surface area contributed by atoms with E-state index >= 15 is 0 Å². The largest absolute Gasteiger partial charge is 0.486 e. The molecule has 0 aliphatic carbocycles. The summed E-state index contributed by atoms with van der Waals surface area (Å²) in [5.74, 6) is 1.43. The number of ether oxygens (including phenoxy) is 2. The SMILES string of the molecule is O=C1Cc2c(ccc3c2O[C@H](CNCc2ccccc2)CO3)N1. The molecule has 0 unspecified atom stereocenters. The number of carbonyl (C=O) groups excluding carboxylic acids is 1. The fourth-order valence-corrected chi connectivity index (χ4v) is 2.95. The minimum atomic E-state index is -0.0617. The molecule has 5 nitrogen and oxygen atoms in total. The molecule has 0 bridgehead atoms. The maximum absolute atomic E-state index is 11.6. The second-order valence-electron chi connectivity index (χ2n) is 5.81. The third-order valence-electron chi connectivity index (χ3n) is 4.09. The zero-order valence-corrected chi connectivity index (χ0v) is 12.7. The van der Waals surface area contributed by atoms with Crippen molar-refractivity contribution < 1.29 is 14.3 Å². The van der Waals surface area contributed by atoms with Crippen LogP contribution in [0.2, 0.25) is 0 Å². The van der Waals surface area contributed by atoms with Gasteiger partial charge in [-0.1, -0.05) is 30.3 Å². The molecule has 2 aliphatic heterocycles. The van der Waals surface area contributed by atoms with E-state index < -0.39 is 0 Å². The Balaban J connectivity index is 1.41. The predicted molar refractivity (Wildman–Crippen MR) is 86.8 cm³/mol. The Bertz CT molecular complexity index is 731. The van der Waals surface area contributed by atoms with Crippen molar-refractivity contribution >= 4 is 11.6 Å². The van der Waals surface area contributed by atoms with Gasteiger partial charge in [-0.05, 0) is 17.7 Å². The molecule has 2 heterocycles. The highest BCUT2D eigenvalue weighted by molar-refractivity contribution is 6.00. The number of carbonyl (C=O) groups is 1. The minimum Gasteiger partial charge on any atom is -0.486 e. The number of hydrogen-bond donors (Lipinski definition) is 2. The van der Waals surface area contributed by atoms with E-state index in [0.717, 1.165) is 23.5 Å². The molecule has 2 aliphatic rings. The summed E-state index contributed by atoms with van der Waals surface area (Å²) in [6.07, 6.45) is 0.292. The Labute approximate surface area is 134 Å². The Morgan fingerprint density at radius 3 is 2.91 bits per heavy atom. The maximum Gasteiger partial charge on any atom is 0.229 e. The molecular weight excluding hydrogens is 292 g/mol. The third-order valence-corrected chi connectivity index (χ3v) is 4.09. The molecule has 1 atom stereocenters. The third kappa shape index (κ3) is 2.87. The van der Waals surface area contributed by atoms with Gasteiger partial charge in [-0.25, -0.2) is 0 Å². The van der Waals surface area contributed by atoms with Crippen LogP contribution >= 0.6 is 0 Å². The molecule has 5 heteroatoms. The second kappa shape index (κ2) is 5.93. The quantitative estimate of drug-likeness (QED) is 0.908. The van der Waals surface area contributed by atoms with Crippen LogP contribution in [-0.2, 0) is 17.8 Å². The van der Waals surface area contributed by atoms with Crippen LogP contribution in [0.1, 0.15) is 11.1 Å². The number of fused-ring (bicyclic) bond motifs is 3. The van der Waals surface area contributed by atoms with Crippen molar-refractivity contribution in [3.63, 3.8) is 0 Å². The van der Waals surface area contributed by atoms with Gasteiger partial charge in [0, 0.05) is 24.3 Å². The highest BCUT2D eigenvalue weighted by Gasteiger charge is 2.29. The summed E-state index contributed by atoms with van der Waals surface area (Å²) in [7, 11) is 0. The van der Waals surface area contributed by atoms with Crippen LogP contribution in [0.3, 0.4) is 0 Å². The lowest BCUT2D eigenvalue weighted by Gasteiger charge is -2.28. The van der Waals surface area contributed by atoms with E-state index in [1.54, 1.807) is 0 Å². The Morgan fingerprint density at radius 2 is 2.04 bits per heavy atom. The first-order valence-corrected chi connectivity index (χ1v) is 7.79. The van der Waals surface area contributed by atoms with Crippen molar-refractivity contribution in [2.24, 2.45) is 0 Å². The highest BCUT2D eigenvalue weighted by atomic mass is 16.6. The fourth-order valence-electron chi connectivity index (χ4n) is 2.95. The fraction of sp³-hybridized carbons (Fsp3) is 0.278. The number of nitrogens with one attached hydrogen (secondary N) is 2. The molecule has 2 aromatic carbocycles. The lowest BCUT2D eigenvalue weighted by atomic mass is 10.1. The van der Waals surface area contributed by atoms with Crippen molar-refractivity contribution in [3.05, 3.63) is 53.6 Å². The summed E-state index contributed by atoms with van der Waals surface area (Å²) in [6.45, 7) is 1.99. The zero-order valence-electron chi connectivity index (χ0n) is 12.7. The van der Waals surface area contributed by atoms with Gasteiger partial charge in [-0.15, -0.1) is 0 Å². The first-order chi connectivity index (χ1) is 11.3. The van der Waals surface area contributed by atoms with Gasteiger partial charge in [0.05, 0.1) is 6.42 Å². The monoisotopic (exact) mass is 310 g/mol.